The Hall–Kier alpha value is -2.57. The molecule has 0 unspecified atom stereocenters. The van der Waals surface area contributed by atoms with Crippen molar-refractivity contribution in [1.29, 1.82) is 0 Å². The van der Waals surface area contributed by atoms with Gasteiger partial charge in [0.1, 0.15) is 18.1 Å². The molecule has 0 saturated heterocycles. The van der Waals surface area contributed by atoms with Gasteiger partial charge in [-0.2, -0.15) is 13.2 Å². The van der Waals surface area contributed by atoms with E-state index in [1.54, 1.807) is 31.2 Å². The summed E-state index contributed by atoms with van der Waals surface area (Å²) in [6.07, 6.45) is -3.32. The van der Waals surface area contributed by atoms with Gasteiger partial charge in [-0.15, -0.1) is 0 Å². The second kappa shape index (κ2) is 7.13. The number of carbonyl (C=O) groups is 1. The summed E-state index contributed by atoms with van der Waals surface area (Å²) in [6.45, 7) is 1.75. The first-order valence-corrected chi connectivity index (χ1v) is 6.84. The molecule has 0 N–H and O–H groups in total. The molecular formula is C16H14F3NO3. The van der Waals surface area contributed by atoms with Crippen molar-refractivity contribution in [3.63, 3.8) is 0 Å². The quantitative estimate of drug-likeness (QED) is 0.796. The number of ether oxygens (including phenoxy) is 2. The third kappa shape index (κ3) is 4.98. The predicted octanol–water partition coefficient (Wildman–Crippen LogP) is 4.25. The van der Waals surface area contributed by atoms with Crippen LogP contribution in [0.1, 0.15) is 18.9 Å². The molecule has 0 aliphatic carbocycles. The number of carbonyl (C=O) groups excluding carboxylic acids is 1. The van der Waals surface area contributed by atoms with E-state index in [2.05, 4.69) is 4.98 Å². The van der Waals surface area contributed by atoms with Crippen LogP contribution in [0.2, 0.25) is 0 Å². The van der Waals surface area contributed by atoms with Crippen molar-refractivity contribution in [3.05, 3.63) is 48.2 Å². The van der Waals surface area contributed by atoms with Crippen LogP contribution in [0.4, 0.5) is 13.2 Å². The van der Waals surface area contributed by atoms with Crippen molar-refractivity contribution in [2.75, 3.05) is 6.61 Å². The molecule has 0 bridgehead atoms. The van der Waals surface area contributed by atoms with Gasteiger partial charge in [-0.25, -0.2) is 4.98 Å². The molecule has 2 rings (SSSR count). The van der Waals surface area contributed by atoms with Crippen molar-refractivity contribution >= 4 is 5.78 Å². The van der Waals surface area contributed by atoms with Gasteiger partial charge in [0, 0.05) is 18.7 Å². The lowest BCUT2D eigenvalue weighted by Crippen LogP contribution is -2.09. The highest BCUT2D eigenvalue weighted by molar-refractivity contribution is 5.79. The Labute approximate surface area is 130 Å². The Balaban J connectivity index is 1.96. The van der Waals surface area contributed by atoms with Crippen molar-refractivity contribution in [2.45, 2.75) is 19.5 Å². The van der Waals surface area contributed by atoms with E-state index in [1.807, 2.05) is 0 Å². The summed E-state index contributed by atoms with van der Waals surface area (Å²) < 4.78 is 47.9. The number of aromatic nitrogens is 1. The minimum atomic E-state index is -4.43. The van der Waals surface area contributed by atoms with Crippen LogP contribution in [0.5, 0.6) is 17.4 Å². The first-order valence-electron chi connectivity index (χ1n) is 6.84. The van der Waals surface area contributed by atoms with E-state index in [0.717, 1.165) is 12.1 Å². The molecule has 4 nitrogen and oxygen atoms in total. The summed E-state index contributed by atoms with van der Waals surface area (Å²) in [4.78, 5) is 14.8. The molecule has 1 aromatic carbocycles. The summed E-state index contributed by atoms with van der Waals surface area (Å²) in [5, 5.41) is 0. The molecular weight excluding hydrogens is 311 g/mol. The highest BCUT2D eigenvalue weighted by atomic mass is 19.4. The van der Waals surface area contributed by atoms with Crippen molar-refractivity contribution < 1.29 is 27.4 Å². The lowest BCUT2D eigenvalue weighted by Gasteiger charge is -2.09. The Morgan fingerprint density at radius 1 is 1.09 bits per heavy atom. The predicted molar refractivity (Wildman–Crippen MR) is 76.5 cm³/mol. The molecule has 122 valence electrons. The van der Waals surface area contributed by atoms with E-state index < -0.39 is 11.7 Å². The van der Waals surface area contributed by atoms with Crippen LogP contribution in [0.15, 0.2) is 42.6 Å². The lowest BCUT2D eigenvalue weighted by atomic mass is 10.3. The van der Waals surface area contributed by atoms with E-state index in [9.17, 15) is 18.0 Å². The number of alkyl halides is 3. The second-order valence-electron chi connectivity index (χ2n) is 4.64. The normalized spacial score (nSPS) is 11.1. The number of hydrogen-bond donors (Lipinski definition) is 0. The highest BCUT2D eigenvalue weighted by Crippen LogP contribution is 2.30. The number of Topliss-reactive ketones (excluding diaryl/α,β-unsaturated/α-hetero) is 1. The first-order chi connectivity index (χ1) is 10.9. The fourth-order valence-electron chi connectivity index (χ4n) is 1.60. The van der Waals surface area contributed by atoms with E-state index >= 15 is 0 Å². The van der Waals surface area contributed by atoms with Gasteiger partial charge in [0.05, 0.1) is 5.56 Å². The fourth-order valence-corrected chi connectivity index (χ4v) is 1.60. The zero-order valence-corrected chi connectivity index (χ0v) is 12.3. The summed E-state index contributed by atoms with van der Waals surface area (Å²) in [5.41, 5.74) is -0.839. The van der Waals surface area contributed by atoms with Crippen molar-refractivity contribution in [2.24, 2.45) is 0 Å². The van der Waals surface area contributed by atoms with Crippen LogP contribution in [0.3, 0.4) is 0 Å². The van der Waals surface area contributed by atoms with Crippen LogP contribution in [-0.2, 0) is 11.0 Å². The van der Waals surface area contributed by atoms with Gasteiger partial charge in [-0.1, -0.05) is 6.92 Å². The fraction of sp³-hybridized carbons (Fsp3) is 0.250. The minimum absolute atomic E-state index is 0.00281. The van der Waals surface area contributed by atoms with Crippen LogP contribution >= 0.6 is 0 Å². The SMILES string of the molecule is CCC(=O)COc1ccc(Oc2ccc(C(F)(F)F)cn2)cc1. The molecule has 7 heteroatoms. The Kier molecular flexibility index (Phi) is 5.20. The lowest BCUT2D eigenvalue weighted by molar-refractivity contribution is -0.137. The molecule has 0 amide bonds. The van der Waals surface area contributed by atoms with Crippen LogP contribution in [-0.4, -0.2) is 17.4 Å². The Morgan fingerprint density at radius 2 is 1.74 bits per heavy atom. The minimum Gasteiger partial charge on any atom is -0.486 e. The molecule has 0 aliphatic heterocycles. The van der Waals surface area contributed by atoms with E-state index in [4.69, 9.17) is 9.47 Å². The smallest absolute Gasteiger partial charge is 0.417 e. The summed E-state index contributed by atoms with van der Waals surface area (Å²) >= 11 is 0. The standard InChI is InChI=1S/C16H14F3NO3/c1-2-12(21)10-22-13-4-6-14(7-5-13)23-15-8-3-11(9-20-15)16(17,18)19/h3-9H,2,10H2,1H3. The van der Waals surface area contributed by atoms with Crippen LogP contribution in [0.25, 0.3) is 0 Å². The number of halogens is 3. The third-order valence-corrected chi connectivity index (χ3v) is 2.90. The van der Waals surface area contributed by atoms with Crippen LogP contribution in [0, 0.1) is 0 Å². The average Bonchev–Trinajstić information content (AvgIpc) is 2.53. The van der Waals surface area contributed by atoms with Gasteiger partial charge >= 0.3 is 6.18 Å². The Bertz CT molecular complexity index is 652. The van der Waals surface area contributed by atoms with Crippen LogP contribution < -0.4 is 9.47 Å². The van der Waals surface area contributed by atoms with Gasteiger partial charge in [0.25, 0.3) is 0 Å². The molecule has 1 aromatic heterocycles. The maximum atomic E-state index is 12.4. The summed E-state index contributed by atoms with van der Waals surface area (Å²) in [6, 6.07) is 8.39. The third-order valence-electron chi connectivity index (χ3n) is 2.90. The molecule has 1 heterocycles. The maximum absolute atomic E-state index is 12.4. The first kappa shape index (κ1) is 16.8. The molecule has 0 saturated carbocycles. The van der Waals surface area contributed by atoms with E-state index in [1.165, 1.54) is 0 Å². The monoisotopic (exact) mass is 325 g/mol. The number of hydrogen-bond acceptors (Lipinski definition) is 4. The number of pyridine rings is 1. The molecule has 23 heavy (non-hydrogen) atoms. The zero-order valence-electron chi connectivity index (χ0n) is 12.3. The maximum Gasteiger partial charge on any atom is 0.417 e. The molecule has 2 aromatic rings. The molecule has 0 spiro atoms. The second-order valence-corrected chi connectivity index (χ2v) is 4.64. The number of benzene rings is 1. The number of rotatable bonds is 6. The molecule has 0 radical (unpaired) electrons. The molecule has 0 aliphatic rings. The van der Waals surface area contributed by atoms with Gasteiger partial charge in [-0.3, -0.25) is 4.79 Å². The van der Waals surface area contributed by atoms with Gasteiger partial charge in [-0.05, 0) is 30.3 Å². The van der Waals surface area contributed by atoms with Crippen molar-refractivity contribution in [1.82, 2.24) is 4.98 Å². The summed E-state index contributed by atoms with van der Waals surface area (Å²) in [7, 11) is 0. The van der Waals surface area contributed by atoms with Gasteiger partial charge in [0.15, 0.2) is 5.78 Å². The van der Waals surface area contributed by atoms with Gasteiger partial charge in [0.2, 0.25) is 5.88 Å². The average molecular weight is 325 g/mol. The van der Waals surface area contributed by atoms with E-state index in [-0.39, 0.29) is 18.3 Å². The zero-order chi connectivity index (χ0) is 16.9. The summed E-state index contributed by atoms with van der Waals surface area (Å²) in [5.74, 6) is 0.929. The molecule has 0 atom stereocenters. The highest BCUT2D eigenvalue weighted by Gasteiger charge is 2.30. The number of ketones is 1. The van der Waals surface area contributed by atoms with Crippen molar-refractivity contribution in [3.8, 4) is 17.4 Å². The van der Waals surface area contributed by atoms with E-state index in [0.29, 0.717) is 24.1 Å². The topological polar surface area (TPSA) is 48.4 Å². The number of nitrogens with zero attached hydrogens (tertiary/aromatic N) is 1. The van der Waals surface area contributed by atoms with Gasteiger partial charge < -0.3 is 9.47 Å². The largest absolute Gasteiger partial charge is 0.486 e. The Morgan fingerprint density at radius 3 is 2.26 bits per heavy atom. The molecule has 0 fully saturated rings.